The number of imide groups is 1. The van der Waals surface area contributed by atoms with Crippen LogP contribution in [-0.2, 0) is 27.2 Å². The largest absolute Gasteiger partial charge is 0.379 e. The van der Waals surface area contributed by atoms with Gasteiger partial charge in [0.25, 0.3) is 11.8 Å². The molecule has 9 nitrogen and oxygen atoms in total. The number of carbonyl (C=O) groups excluding carboxylic acids is 2. The molecule has 2 aliphatic rings. The fraction of sp³-hybridized carbons (Fsp3) is 0.688. The molecule has 2 aromatic rings. The van der Waals surface area contributed by atoms with Gasteiger partial charge in [-0.25, -0.2) is 0 Å². The summed E-state index contributed by atoms with van der Waals surface area (Å²) < 4.78 is 19.0. The van der Waals surface area contributed by atoms with Crippen LogP contribution < -0.4 is 0 Å². The van der Waals surface area contributed by atoms with E-state index in [4.69, 9.17) is 14.2 Å². The maximum absolute atomic E-state index is 12.5. The zero-order valence-corrected chi connectivity index (χ0v) is 25.0. The van der Waals surface area contributed by atoms with Gasteiger partial charge < -0.3 is 14.2 Å². The Kier molecular flexibility index (Phi) is 12.3. The van der Waals surface area contributed by atoms with E-state index in [1.807, 2.05) is 24.7 Å². The van der Waals surface area contributed by atoms with Gasteiger partial charge in [0.1, 0.15) is 6.10 Å². The Morgan fingerprint density at radius 3 is 2.10 bits per heavy atom. The van der Waals surface area contributed by atoms with Crippen molar-refractivity contribution in [2.75, 3.05) is 26.4 Å². The zero-order valence-electron chi connectivity index (χ0n) is 25.0. The summed E-state index contributed by atoms with van der Waals surface area (Å²) in [6.07, 6.45) is 17.1. The van der Waals surface area contributed by atoms with Crippen LogP contribution in [0.1, 0.15) is 117 Å². The van der Waals surface area contributed by atoms with Crippen LogP contribution in [0.15, 0.2) is 30.5 Å². The Labute approximate surface area is 244 Å². The van der Waals surface area contributed by atoms with E-state index < -0.39 is 5.79 Å². The smallest absolute Gasteiger partial charge is 0.261 e. The van der Waals surface area contributed by atoms with Gasteiger partial charge in [-0.1, -0.05) is 68.7 Å². The Morgan fingerprint density at radius 2 is 1.46 bits per heavy atom. The number of rotatable bonds is 20. The number of ether oxygens (including phenoxy) is 3. The molecule has 0 aliphatic carbocycles. The summed E-state index contributed by atoms with van der Waals surface area (Å²) in [5.41, 5.74) is 2.00. The van der Waals surface area contributed by atoms with Gasteiger partial charge in [0.15, 0.2) is 5.79 Å². The van der Waals surface area contributed by atoms with Gasteiger partial charge >= 0.3 is 0 Å². The summed E-state index contributed by atoms with van der Waals surface area (Å²) in [4.78, 5) is 26.3. The second-order valence-corrected chi connectivity index (χ2v) is 11.8. The highest BCUT2D eigenvalue weighted by Gasteiger charge is 2.34. The molecule has 4 rings (SSSR count). The standard InChI is InChI=1S/C32H48N4O5/c1-32(2)40-25-27(41-32)24-39-22-16-10-8-6-4-3-5-7-9-14-20-35-23-26(33-34-35)17-13-15-21-36-30(37)28-18-11-12-19-29(28)31(36)38/h11-12,18-19,23,27H,3-10,13-17,20-22,24-25H2,1-2H3. The first-order valence-corrected chi connectivity index (χ1v) is 15.7. The number of aromatic nitrogens is 3. The van der Waals surface area contributed by atoms with E-state index >= 15 is 0 Å². The molecule has 1 atom stereocenters. The van der Waals surface area contributed by atoms with Crippen LogP contribution in [0.25, 0.3) is 0 Å². The van der Waals surface area contributed by atoms with Crippen molar-refractivity contribution in [2.24, 2.45) is 0 Å². The average Bonchev–Trinajstić information content (AvgIpc) is 3.63. The Balaban J connectivity index is 0.924. The van der Waals surface area contributed by atoms with Crippen molar-refractivity contribution in [2.45, 2.75) is 116 Å². The van der Waals surface area contributed by atoms with Crippen molar-refractivity contribution in [3.05, 3.63) is 47.3 Å². The van der Waals surface area contributed by atoms with Gasteiger partial charge in [-0.2, -0.15) is 0 Å². The zero-order chi connectivity index (χ0) is 28.9. The molecule has 1 aromatic heterocycles. The van der Waals surface area contributed by atoms with Gasteiger partial charge in [0.05, 0.1) is 30.0 Å². The number of hydrogen-bond donors (Lipinski definition) is 0. The molecule has 226 valence electrons. The van der Waals surface area contributed by atoms with Crippen LogP contribution in [0.4, 0.5) is 0 Å². The monoisotopic (exact) mass is 568 g/mol. The summed E-state index contributed by atoms with van der Waals surface area (Å²) in [6, 6.07) is 7.04. The first-order valence-electron chi connectivity index (χ1n) is 15.7. The molecule has 41 heavy (non-hydrogen) atoms. The third-order valence-electron chi connectivity index (χ3n) is 7.83. The number of unbranched alkanes of at least 4 members (excludes halogenated alkanes) is 10. The maximum Gasteiger partial charge on any atom is 0.261 e. The first-order chi connectivity index (χ1) is 19.9. The van der Waals surface area contributed by atoms with Gasteiger partial charge in [-0.15, -0.1) is 5.10 Å². The van der Waals surface area contributed by atoms with E-state index in [1.54, 1.807) is 24.3 Å². The highest BCUT2D eigenvalue weighted by molar-refractivity contribution is 6.21. The first kappa shape index (κ1) is 31.3. The molecular formula is C32H48N4O5. The van der Waals surface area contributed by atoms with Crippen molar-refractivity contribution in [3.63, 3.8) is 0 Å². The fourth-order valence-electron chi connectivity index (χ4n) is 5.53. The van der Waals surface area contributed by atoms with Crippen LogP contribution in [-0.4, -0.2) is 70.0 Å². The lowest BCUT2D eigenvalue weighted by molar-refractivity contribution is -0.145. The number of fused-ring (bicyclic) bond motifs is 1. The van der Waals surface area contributed by atoms with Crippen LogP contribution >= 0.6 is 0 Å². The second-order valence-electron chi connectivity index (χ2n) is 11.8. The average molecular weight is 569 g/mol. The Hall–Kier alpha value is -2.62. The number of amides is 2. The highest BCUT2D eigenvalue weighted by atomic mass is 16.7. The lowest BCUT2D eigenvalue weighted by Crippen LogP contribution is -2.30. The van der Waals surface area contributed by atoms with Gasteiger partial charge in [-0.3, -0.25) is 19.2 Å². The van der Waals surface area contributed by atoms with Crippen molar-refractivity contribution >= 4 is 11.8 Å². The lowest BCUT2D eigenvalue weighted by Gasteiger charge is -2.17. The summed E-state index contributed by atoms with van der Waals surface area (Å²) in [7, 11) is 0. The van der Waals surface area contributed by atoms with E-state index in [1.165, 1.54) is 56.3 Å². The highest BCUT2D eigenvalue weighted by Crippen LogP contribution is 2.23. The third kappa shape index (κ3) is 10.0. The molecule has 0 bridgehead atoms. The fourth-order valence-corrected chi connectivity index (χ4v) is 5.53. The molecule has 0 spiro atoms. The predicted octanol–water partition coefficient (Wildman–Crippen LogP) is 5.97. The molecule has 2 amide bonds. The van der Waals surface area contributed by atoms with Crippen LogP contribution in [0.5, 0.6) is 0 Å². The van der Waals surface area contributed by atoms with Crippen molar-refractivity contribution < 1.29 is 23.8 Å². The molecule has 9 heteroatoms. The molecule has 0 saturated carbocycles. The molecule has 1 aromatic carbocycles. The minimum Gasteiger partial charge on any atom is -0.379 e. The number of carbonyl (C=O) groups is 2. The summed E-state index contributed by atoms with van der Waals surface area (Å²) in [6.45, 7) is 7.31. The van der Waals surface area contributed by atoms with Crippen LogP contribution in [0.2, 0.25) is 0 Å². The molecule has 2 aliphatic heterocycles. The Bertz CT molecular complexity index is 1070. The van der Waals surface area contributed by atoms with Gasteiger partial charge in [0, 0.05) is 25.9 Å². The van der Waals surface area contributed by atoms with Crippen LogP contribution in [0, 0.1) is 0 Å². The van der Waals surface area contributed by atoms with Crippen molar-refractivity contribution in [1.82, 2.24) is 19.9 Å². The predicted molar refractivity (Wildman–Crippen MR) is 157 cm³/mol. The SMILES string of the molecule is CC1(C)OCC(COCCCCCCCCCCCCn2cc(CCCCN3C(=O)c4ccccc4C3=O)nn2)O1. The van der Waals surface area contributed by atoms with E-state index in [2.05, 4.69) is 10.3 Å². The minimum atomic E-state index is -0.463. The van der Waals surface area contributed by atoms with E-state index in [-0.39, 0.29) is 17.9 Å². The van der Waals surface area contributed by atoms with E-state index in [9.17, 15) is 9.59 Å². The van der Waals surface area contributed by atoms with Crippen LogP contribution in [0.3, 0.4) is 0 Å². The Morgan fingerprint density at radius 1 is 0.854 bits per heavy atom. The second kappa shape index (κ2) is 16.1. The lowest BCUT2D eigenvalue weighted by atomic mass is 10.1. The van der Waals surface area contributed by atoms with E-state index in [0.717, 1.165) is 50.9 Å². The summed E-state index contributed by atoms with van der Waals surface area (Å²) >= 11 is 0. The normalized spacial score (nSPS) is 18.0. The molecule has 1 unspecified atom stereocenters. The topological polar surface area (TPSA) is 95.8 Å². The van der Waals surface area contributed by atoms with Gasteiger partial charge in [-0.05, 0) is 58.1 Å². The molecular weight excluding hydrogens is 520 g/mol. The maximum atomic E-state index is 12.5. The summed E-state index contributed by atoms with van der Waals surface area (Å²) in [5, 5.41) is 8.57. The molecule has 3 heterocycles. The number of benzene rings is 1. The number of aryl methyl sites for hydroxylation is 2. The van der Waals surface area contributed by atoms with Gasteiger partial charge in [0.2, 0.25) is 0 Å². The quantitative estimate of drug-likeness (QED) is 0.144. The van der Waals surface area contributed by atoms with E-state index in [0.29, 0.717) is 30.9 Å². The molecule has 0 N–H and O–H groups in total. The number of nitrogens with zero attached hydrogens (tertiary/aromatic N) is 4. The number of hydrogen-bond acceptors (Lipinski definition) is 7. The molecule has 1 fully saturated rings. The summed E-state index contributed by atoms with van der Waals surface area (Å²) in [5.74, 6) is -0.825. The molecule has 1 saturated heterocycles. The van der Waals surface area contributed by atoms with Crippen molar-refractivity contribution in [1.29, 1.82) is 0 Å². The third-order valence-corrected chi connectivity index (χ3v) is 7.83. The molecule has 0 radical (unpaired) electrons. The minimum absolute atomic E-state index is 0.0724. The van der Waals surface area contributed by atoms with Crippen molar-refractivity contribution in [3.8, 4) is 0 Å².